The molecule has 0 aliphatic carbocycles. The van der Waals surface area contributed by atoms with Crippen LogP contribution in [0.5, 0.6) is 0 Å². The first-order chi connectivity index (χ1) is 7.72. The predicted molar refractivity (Wildman–Crippen MR) is 62.2 cm³/mol. The van der Waals surface area contributed by atoms with Crippen molar-refractivity contribution in [1.82, 2.24) is 9.97 Å². The van der Waals surface area contributed by atoms with Gasteiger partial charge < -0.3 is 0 Å². The summed E-state index contributed by atoms with van der Waals surface area (Å²) in [5, 5.41) is 9.51. The van der Waals surface area contributed by atoms with E-state index in [1.165, 1.54) is 0 Å². The maximum atomic E-state index is 8.58. The Labute approximate surface area is 102 Å². The largest absolute Gasteiger partial charge is 0.232 e. The van der Waals surface area contributed by atoms with Crippen LogP contribution in [0.1, 0.15) is 5.82 Å². The third kappa shape index (κ3) is 1.99. The number of nitrogens with zero attached hydrogens (tertiary/aromatic N) is 3. The molecule has 78 valence electrons. The highest BCUT2D eigenvalue weighted by Crippen LogP contribution is 2.32. The topological polar surface area (TPSA) is 49.6 Å². The van der Waals surface area contributed by atoms with Crippen molar-refractivity contribution >= 4 is 23.2 Å². The summed E-state index contributed by atoms with van der Waals surface area (Å²) in [6, 6.07) is 7.17. The van der Waals surface area contributed by atoms with Gasteiger partial charge >= 0.3 is 0 Å². The standard InChI is InChI=1S/C11H5Cl2N3/c12-9-3-1-2-8(11(9)13)7-5-15-10(4-14)16-6-7/h1-3,5-6H. The van der Waals surface area contributed by atoms with Crippen LogP contribution in [0.2, 0.25) is 10.0 Å². The summed E-state index contributed by atoms with van der Waals surface area (Å²) in [5.41, 5.74) is 1.48. The Hall–Kier alpha value is -1.63. The van der Waals surface area contributed by atoms with Gasteiger partial charge in [0.2, 0.25) is 5.82 Å². The highest BCUT2D eigenvalue weighted by Gasteiger charge is 2.07. The molecule has 0 N–H and O–H groups in total. The van der Waals surface area contributed by atoms with E-state index in [9.17, 15) is 0 Å². The second-order valence-corrected chi connectivity index (χ2v) is 3.79. The third-order valence-corrected chi connectivity index (χ3v) is 2.83. The van der Waals surface area contributed by atoms with E-state index in [0.717, 1.165) is 11.1 Å². The molecule has 0 bridgehead atoms. The van der Waals surface area contributed by atoms with Gasteiger partial charge in [0.1, 0.15) is 6.07 Å². The lowest BCUT2D eigenvalue weighted by atomic mass is 10.1. The first kappa shape index (κ1) is 10.9. The average Bonchev–Trinajstić information content (AvgIpc) is 2.33. The maximum Gasteiger partial charge on any atom is 0.232 e. The quantitative estimate of drug-likeness (QED) is 0.779. The first-order valence-corrected chi connectivity index (χ1v) is 5.14. The fourth-order valence-corrected chi connectivity index (χ4v) is 1.66. The molecule has 0 saturated carbocycles. The van der Waals surface area contributed by atoms with E-state index in [4.69, 9.17) is 28.5 Å². The summed E-state index contributed by atoms with van der Waals surface area (Å²) in [5.74, 6) is 0.127. The SMILES string of the molecule is N#Cc1ncc(-c2cccc(Cl)c2Cl)cn1. The van der Waals surface area contributed by atoms with Crippen molar-refractivity contribution in [1.29, 1.82) is 5.26 Å². The Balaban J connectivity index is 2.51. The van der Waals surface area contributed by atoms with Crippen LogP contribution >= 0.6 is 23.2 Å². The lowest BCUT2D eigenvalue weighted by Gasteiger charge is -2.04. The molecule has 1 aromatic heterocycles. The van der Waals surface area contributed by atoms with Crippen LogP contribution in [0, 0.1) is 11.3 Å². The van der Waals surface area contributed by atoms with Gasteiger partial charge in [-0.25, -0.2) is 9.97 Å². The number of nitriles is 1. The normalized spacial score (nSPS) is 9.81. The Kier molecular flexibility index (Phi) is 3.04. The summed E-state index contributed by atoms with van der Waals surface area (Å²) in [7, 11) is 0. The highest BCUT2D eigenvalue weighted by atomic mass is 35.5. The van der Waals surface area contributed by atoms with Crippen LogP contribution in [0.15, 0.2) is 30.6 Å². The van der Waals surface area contributed by atoms with Crippen LogP contribution in [-0.2, 0) is 0 Å². The van der Waals surface area contributed by atoms with Crippen LogP contribution in [-0.4, -0.2) is 9.97 Å². The number of halogens is 2. The number of hydrogen-bond donors (Lipinski definition) is 0. The maximum absolute atomic E-state index is 8.58. The van der Waals surface area contributed by atoms with E-state index in [1.807, 2.05) is 12.1 Å². The summed E-state index contributed by atoms with van der Waals surface area (Å²) < 4.78 is 0. The van der Waals surface area contributed by atoms with Crippen LogP contribution < -0.4 is 0 Å². The summed E-state index contributed by atoms with van der Waals surface area (Å²) in [6.07, 6.45) is 3.09. The molecule has 5 heteroatoms. The van der Waals surface area contributed by atoms with Gasteiger partial charge in [-0.2, -0.15) is 5.26 Å². The van der Waals surface area contributed by atoms with Crippen LogP contribution in [0.3, 0.4) is 0 Å². The fourth-order valence-electron chi connectivity index (χ4n) is 1.25. The molecular formula is C11H5Cl2N3. The van der Waals surface area contributed by atoms with Gasteiger partial charge in [-0.1, -0.05) is 35.3 Å². The van der Waals surface area contributed by atoms with E-state index >= 15 is 0 Å². The zero-order valence-electron chi connectivity index (χ0n) is 7.98. The van der Waals surface area contributed by atoms with Crippen molar-refractivity contribution in [3.8, 4) is 17.2 Å². The summed E-state index contributed by atoms with van der Waals surface area (Å²) in [4.78, 5) is 7.74. The minimum atomic E-state index is 0.127. The van der Waals surface area contributed by atoms with Gasteiger partial charge in [-0.3, -0.25) is 0 Å². The molecule has 16 heavy (non-hydrogen) atoms. The minimum absolute atomic E-state index is 0.127. The van der Waals surface area contributed by atoms with Crippen molar-refractivity contribution in [3.63, 3.8) is 0 Å². The second kappa shape index (κ2) is 4.48. The molecule has 0 atom stereocenters. The molecular weight excluding hydrogens is 245 g/mol. The molecule has 1 heterocycles. The summed E-state index contributed by atoms with van der Waals surface area (Å²) >= 11 is 11.9. The van der Waals surface area contributed by atoms with Gasteiger partial charge in [0, 0.05) is 23.5 Å². The van der Waals surface area contributed by atoms with Gasteiger partial charge in [-0.15, -0.1) is 0 Å². The molecule has 0 spiro atoms. The van der Waals surface area contributed by atoms with Crippen LogP contribution in [0.4, 0.5) is 0 Å². The second-order valence-electron chi connectivity index (χ2n) is 3.01. The van der Waals surface area contributed by atoms with E-state index in [2.05, 4.69) is 9.97 Å². The van der Waals surface area contributed by atoms with E-state index in [-0.39, 0.29) is 5.82 Å². The number of aromatic nitrogens is 2. The van der Waals surface area contributed by atoms with Crippen molar-refractivity contribution in [2.75, 3.05) is 0 Å². The average molecular weight is 250 g/mol. The zero-order chi connectivity index (χ0) is 11.5. The molecule has 0 aliphatic heterocycles. The van der Waals surface area contributed by atoms with Gasteiger partial charge in [-0.05, 0) is 6.07 Å². The summed E-state index contributed by atoms with van der Waals surface area (Å²) in [6.45, 7) is 0. The number of benzene rings is 1. The predicted octanol–water partition coefficient (Wildman–Crippen LogP) is 3.32. The lowest BCUT2D eigenvalue weighted by Crippen LogP contribution is -1.89. The van der Waals surface area contributed by atoms with Crippen molar-refractivity contribution in [2.45, 2.75) is 0 Å². The molecule has 2 rings (SSSR count). The first-order valence-electron chi connectivity index (χ1n) is 4.39. The van der Waals surface area contributed by atoms with Gasteiger partial charge in [0.15, 0.2) is 0 Å². The number of rotatable bonds is 1. The Morgan fingerprint density at radius 1 is 1.12 bits per heavy atom. The molecule has 0 amide bonds. The molecule has 1 aromatic carbocycles. The molecule has 3 nitrogen and oxygen atoms in total. The molecule has 0 fully saturated rings. The number of hydrogen-bond acceptors (Lipinski definition) is 3. The van der Waals surface area contributed by atoms with Gasteiger partial charge in [0.05, 0.1) is 10.0 Å². The Morgan fingerprint density at radius 2 is 1.81 bits per heavy atom. The molecule has 0 saturated heterocycles. The third-order valence-electron chi connectivity index (χ3n) is 2.01. The van der Waals surface area contributed by atoms with E-state index in [0.29, 0.717) is 10.0 Å². The molecule has 0 aliphatic rings. The monoisotopic (exact) mass is 249 g/mol. The smallest absolute Gasteiger partial charge is 0.227 e. The zero-order valence-corrected chi connectivity index (χ0v) is 9.50. The Bertz CT molecular complexity index is 558. The van der Waals surface area contributed by atoms with Crippen molar-refractivity contribution < 1.29 is 0 Å². The fraction of sp³-hybridized carbons (Fsp3) is 0. The van der Waals surface area contributed by atoms with Gasteiger partial charge in [0.25, 0.3) is 0 Å². The van der Waals surface area contributed by atoms with Crippen molar-refractivity contribution in [3.05, 3.63) is 46.5 Å². The molecule has 0 radical (unpaired) electrons. The molecule has 2 aromatic rings. The van der Waals surface area contributed by atoms with Crippen LogP contribution in [0.25, 0.3) is 11.1 Å². The Morgan fingerprint density at radius 3 is 2.44 bits per heavy atom. The van der Waals surface area contributed by atoms with E-state index < -0.39 is 0 Å². The molecule has 0 unspecified atom stereocenters. The van der Waals surface area contributed by atoms with Crippen molar-refractivity contribution in [2.24, 2.45) is 0 Å². The minimum Gasteiger partial charge on any atom is -0.227 e. The van der Waals surface area contributed by atoms with E-state index in [1.54, 1.807) is 24.5 Å². The highest BCUT2D eigenvalue weighted by molar-refractivity contribution is 6.43. The lowest BCUT2D eigenvalue weighted by molar-refractivity contribution is 1.12.